The predicted octanol–water partition coefficient (Wildman–Crippen LogP) is 0.0280. The van der Waals surface area contributed by atoms with Crippen molar-refractivity contribution in [2.45, 2.75) is 13.1 Å². The van der Waals surface area contributed by atoms with Gasteiger partial charge < -0.3 is 10.6 Å². The van der Waals surface area contributed by atoms with Gasteiger partial charge in [-0.05, 0) is 0 Å². The fraction of sp³-hybridized carbons (Fsp3) is 0.571. The van der Waals surface area contributed by atoms with Crippen molar-refractivity contribution in [2.24, 2.45) is 0 Å². The molecular formula is C7H12N4. The molecule has 0 amide bonds. The largest absolute Gasteiger partial charge is 0.385 e. The maximum absolute atomic E-state index is 4.24. The van der Waals surface area contributed by atoms with Crippen LogP contribution in [0.25, 0.3) is 0 Å². The van der Waals surface area contributed by atoms with Crippen LogP contribution in [0.1, 0.15) is 5.69 Å². The second kappa shape index (κ2) is 2.54. The first-order valence-corrected chi connectivity index (χ1v) is 3.85. The average Bonchev–Trinajstić information content (AvgIpc) is 2.47. The lowest BCUT2D eigenvalue weighted by atomic mass is 10.3. The molecule has 0 aromatic carbocycles. The normalized spacial score (nSPS) is 16.1. The van der Waals surface area contributed by atoms with E-state index in [4.69, 9.17) is 0 Å². The standard InChI is InChI=1S/C7H12N4/c1-8-6-4-10-11-3-2-9-5-7(6)11/h4,8-9H,2-3,5H2,1H3. The third-order valence-electron chi connectivity index (χ3n) is 2.01. The molecule has 1 aromatic heterocycles. The number of fused-ring (bicyclic) bond motifs is 1. The van der Waals surface area contributed by atoms with E-state index in [1.807, 2.05) is 17.9 Å². The third kappa shape index (κ3) is 0.991. The van der Waals surface area contributed by atoms with Gasteiger partial charge in [0.05, 0.1) is 24.1 Å². The molecule has 0 aliphatic carbocycles. The van der Waals surface area contributed by atoms with Gasteiger partial charge in [0.2, 0.25) is 0 Å². The van der Waals surface area contributed by atoms with E-state index in [0.29, 0.717) is 0 Å². The van der Waals surface area contributed by atoms with E-state index < -0.39 is 0 Å². The minimum Gasteiger partial charge on any atom is -0.385 e. The Labute approximate surface area is 65.6 Å². The van der Waals surface area contributed by atoms with Gasteiger partial charge in [-0.15, -0.1) is 0 Å². The van der Waals surface area contributed by atoms with E-state index in [2.05, 4.69) is 15.7 Å². The van der Waals surface area contributed by atoms with Gasteiger partial charge >= 0.3 is 0 Å². The van der Waals surface area contributed by atoms with Crippen LogP contribution < -0.4 is 10.6 Å². The Morgan fingerprint density at radius 2 is 2.64 bits per heavy atom. The van der Waals surface area contributed by atoms with E-state index in [-0.39, 0.29) is 0 Å². The molecule has 4 heteroatoms. The van der Waals surface area contributed by atoms with Gasteiger partial charge in [-0.3, -0.25) is 4.68 Å². The van der Waals surface area contributed by atoms with Crippen molar-refractivity contribution in [3.8, 4) is 0 Å². The molecule has 2 rings (SSSR count). The summed E-state index contributed by atoms with van der Waals surface area (Å²) in [7, 11) is 1.92. The third-order valence-corrected chi connectivity index (χ3v) is 2.01. The summed E-state index contributed by atoms with van der Waals surface area (Å²) in [5, 5.41) is 10.7. The number of hydrogen-bond donors (Lipinski definition) is 2. The molecule has 2 N–H and O–H groups in total. The second-order valence-corrected chi connectivity index (χ2v) is 2.65. The second-order valence-electron chi connectivity index (χ2n) is 2.65. The van der Waals surface area contributed by atoms with Gasteiger partial charge in [-0.2, -0.15) is 5.10 Å². The summed E-state index contributed by atoms with van der Waals surface area (Å²) >= 11 is 0. The topological polar surface area (TPSA) is 41.9 Å². The number of anilines is 1. The molecular weight excluding hydrogens is 140 g/mol. The summed E-state index contributed by atoms with van der Waals surface area (Å²) in [6.45, 7) is 2.94. The molecule has 0 bridgehead atoms. The smallest absolute Gasteiger partial charge is 0.0770 e. The fourth-order valence-electron chi connectivity index (χ4n) is 1.39. The molecule has 0 spiro atoms. The van der Waals surface area contributed by atoms with Gasteiger partial charge in [0, 0.05) is 20.1 Å². The van der Waals surface area contributed by atoms with Crippen LogP contribution in [-0.4, -0.2) is 23.4 Å². The zero-order valence-electron chi connectivity index (χ0n) is 6.59. The van der Waals surface area contributed by atoms with Gasteiger partial charge in [0.1, 0.15) is 0 Å². The van der Waals surface area contributed by atoms with Crippen LogP contribution in [0.2, 0.25) is 0 Å². The SMILES string of the molecule is CNc1cnn2c1CNCC2. The van der Waals surface area contributed by atoms with E-state index in [1.165, 1.54) is 5.69 Å². The van der Waals surface area contributed by atoms with Gasteiger partial charge in [0.15, 0.2) is 0 Å². The molecule has 0 fully saturated rings. The minimum atomic E-state index is 0.927. The van der Waals surface area contributed by atoms with Crippen LogP contribution in [0, 0.1) is 0 Å². The van der Waals surface area contributed by atoms with Crippen molar-refractivity contribution < 1.29 is 0 Å². The highest BCUT2D eigenvalue weighted by Crippen LogP contribution is 2.15. The van der Waals surface area contributed by atoms with Crippen molar-refractivity contribution in [3.63, 3.8) is 0 Å². The van der Waals surface area contributed by atoms with Gasteiger partial charge in [-0.1, -0.05) is 0 Å². The van der Waals surface area contributed by atoms with Crippen LogP contribution >= 0.6 is 0 Å². The predicted molar refractivity (Wildman–Crippen MR) is 43.5 cm³/mol. The van der Waals surface area contributed by atoms with Gasteiger partial charge in [0.25, 0.3) is 0 Å². The highest BCUT2D eigenvalue weighted by Gasteiger charge is 2.12. The zero-order valence-corrected chi connectivity index (χ0v) is 6.59. The maximum atomic E-state index is 4.24. The molecule has 0 unspecified atom stereocenters. The molecule has 1 aromatic rings. The van der Waals surface area contributed by atoms with Crippen molar-refractivity contribution in [3.05, 3.63) is 11.9 Å². The van der Waals surface area contributed by atoms with Crippen LogP contribution in [0.15, 0.2) is 6.20 Å². The molecule has 11 heavy (non-hydrogen) atoms. The Hall–Kier alpha value is -1.03. The number of rotatable bonds is 1. The summed E-state index contributed by atoms with van der Waals surface area (Å²) < 4.78 is 2.04. The Kier molecular flexibility index (Phi) is 1.54. The molecule has 60 valence electrons. The lowest BCUT2D eigenvalue weighted by Gasteiger charge is -2.15. The summed E-state index contributed by atoms with van der Waals surface area (Å²) in [6.07, 6.45) is 1.88. The molecule has 0 saturated carbocycles. The zero-order chi connectivity index (χ0) is 7.68. The highest BCUT2D eigenvalue weighted by atomic mass is 15.3. The molecule has 1 aliphatic heterocycles. The van der Waals surface area contributed by atoms with E-state index in [0.717, 1.165) is 25.3 Å². The van der Waals surface area contributed by atoms with Crippen molar-refractivity contribution >= 4 is 5.69 Å². The molecule has 1 aliphatic rings. The molecule has 0 radical (unpaired) electrons. The van der Waals surface area contributed by atoms with Gasteiger partial charge in [-0.25, -0.2) is 0 Å². The lowest BCUT2D eigenvalue weighted by molar-refractivity contribution is 0.476. The number of hydrogen-bond acceptors (Lipinski definition) is 3. The Morgan fingerprint density at radius 1 is 1.73 bits per heavy atom. The number of nitrogens with one attached hydrogen (secondary N) is 2. The minimum absolute atomic E-state index is 0.927. The summed E-state index contributed by atoms with van der Waals surface area (Å²) in [5.74, 6) is 0. The van der Waals surface area contributed by atoms with Crippen molar-refractivity contribution in [1.29, 1.82) is 0 Å². The Bertz CT molecular complexity index is 239. The van der Waals surface area contributed by atoms with Crippen LogP contribution in [0.4, 0.5) is 5.69 Å². The fourth-order valence-corrected chi connectivity index (χ4v) is 1.39. The molecule has 0 saturated heterocycles. The monoisotopic (exact) mass is 152 g/mol. The van der Waals surface area contributed by atoms with Crippen molar-refractivity contribution in [1.82, 2.24) is 15.1 Å². The summed E-state index contributed by atoms with van der Waals surface area (Å²) in [6, 6.07) is 0. The number of aromatic nitrogens is 2. The maximum Gasteiger partial charge on any atom is 0.0770 e. The van der Waals surface area contributed by atoms with E-state index >= 15 is 0 Å². The molecule has 2 heterocycles. The summed E-state index contributed by atoms with van der Waals surface area (Å²) in [4.78, 5) is 0. The van der Waals surface area contributed by atoms with Crippen molar-refractivity contribution in [2.75, 3.05) is 18.9 Å². The molecule has 4 nitrogen and oxygen atoms in total. The van der Waals surface area contributed by atoms with Crippen LogP contribution in [0.3, 0.4) is 0 Å². The first kappa shape index (κ1) is 6.67. The lowest BCUT2D eigenvalue weighted by Crippen LogP contribution is -2.28. The summed E-state index contributed by atoms with van der Waals surface area (Å²) in [5.41, 5.74) is 2.40. The van der Waals surface area contributed by atoms with Crippen LogP contribution in [0.5, 0.6) is 0 Å². The van der Waals surface area contributed by atoms with E-state index in [1.54, 1.807) is 0 Å². The Balaban J connectivity index is 2.38. The van der Waals surface area contributed by atoms with E-state index in [9.17, 15) is 0 Å². The van der Waals surface area contributed by atoms with Crippen LogP contribution in [-0.2, 0) is 13.1 Å². The number of nitrogens with zero attached hydrogens (tertiary/aromatic N) is 2. The Morgan fingerprint density at radius 3 is 3.45 bits per heavy atom. The first-order valence-electron chi connectivity index (χ1n) is 3.85. The average molecular weight is 152 g/mol. The first-order chi connectivity index (χ1) is 5.42. The quantitative estimate of drug-likeness (QED) is 0.596. The highest BCUT2D eigenvalue weighted by molar-refractivity contribution is 5.46. The molecule has 0 atom stereocenters.